The average Bonchev–Trinajstić information content (AvgIpc) is 3.87. The van der Waals surface area contributed by atoms with Crippen molar-refractivity contribution in [2.45, 2.75) is 0 Å². The smallest absolute Gasteiger partial charge is 0.161 e. The van der Waals surface area contributed by atoms with E-state index in [4.69, 9.17) is 25.8 Å². The van der Waals surface area contributed by atoms with E-state index in [2.05, 4.69) is 4.99 Å². The summed E-state index contributed by atoms with van der Waals surface area (Å²) in [5.41, 5.74) is 1.18. The van der Waals surface area contributed by atoms with E-state index in [1.807, 2.05) is 84.9 Å². The maximum absolute atomic E-state index is 9.50. The maximum Gasteiger partial charge on any atom is 0.161 e. The van der Waals surface area contributed by atoms with Crippen molar-refractivity contribution in [1.29, 1.82) is 5.41 Å². The van der Waals surface area contributed by atoms with Gasteiger partial charge in [-0.2, -0.15) is 0 Å². The average molecular weight is 671 g/mol. The molecule has 0 saturated heterocycles. The van der Waals surface area contributed by atoms with Crippen molar-refractivity contribution >= 4 is 71.3 Å². The van der Waals surface area contributed by atoms with E-state index in [0.717, 1.165) is 31.3 Å². The molecule has 0 aliphatic carbocycles. The van der Waals surface area contributed by atoms with Crippen LogP contribution in [0.15, 0.2) is 178 Å². The summed E-state index contributed by atoms with van der Waals surface area (Å²) < 4.78 is 105. The van der Waals surface area contributed by atoms with Crippen LogP contribution in [0, 0.1) is 5.41 Å². The molecule has 4 nitrogen and oxygen atoms in total. The summed E-state index contributed by atoms with van der Waals surface area (Å²) in [6.07, 6.45) is 1.53. The van der Waals surface area contributed by atoms with Gasteiger partial charge < -0.3 is 4.42 Å². The molecule has 5 heteroatoms. The molecule has 0 aliphatic rings. The van der Waals surface area contributed by atoms with E-state index in [9.17, 15) is 4.11 Å². The van der Waals surface area contributed by atoms with Crippen molar-refractivity contribution in [3.05, 3.63) is 180 Å². The maximum atomic E-state index is 9.50. The van der Waals surface area contributed by atoms with Crippen molar-refractivity contribution in [3.63, 3.8) is 0 Å². The van der Waals surface area contributed by atoms with Gasteiger partial charge in [-0.1, -0.05) is 139 Å². The Kier molecular flexibility index (Phi) is 5.06. The Bertz CT molecular complexity index is 3370. The Morgan fingerprint density at radius 1 is 0.640 bits per heavy atom. The zero-order chi connectivity index (χ0) is 43.0. The fourth-order valence-electron chi connectivity index (χ4n) is 5.89. The third-order valence-corrected chi connectivity index (χ3v) is 9.53. The molecule has 9 aromatic rings. The molecule has 2 aromatic heterocycles. The van der Waals surface area contributed by atoms with Gasteiger partial charge in [-0.3, -0.25) is 5.41 Å². The van der Waals surface area contributed by atoms with Crippen LogP contribution in [-0.4, -0.2) is 17.9 Å². The number of furan rings is 1. The van der Waals surface area contributed by atoms with Gasteiger partial charge in [0.15, 0.2) is 11.7 Å². The van der Waals surface area contributed by atoms with E-state index in [1.54, 1.807) is 23.5 Å². The van der Waals surface area contributed by atoms with Crippen molar-refractivity contribution < 1.29 is 19.5 Å². The molecule has 0 saturated carbocycles. The van der Waals surface area contributed by atoms with Gasteiger partial charge in [-0.25, -0.2) is 9.98 Å². The van der Waals surface area contributed by atoms with Gasteiger partial charge in [0.05, 0.1) is 15.1 Å². The third-order valence-electron chi connectivity index (χ3n) is 8.29. The number of nitrogens with one attached hydrogen (secondary N) is 1. The molecular weight excluding hydrogens is 631 g/mol. The number of aliphatic imine (C=N–C) groups is 2. The summed E-state index contributed by atoms with van der Waals surface area (Å²) in [6, 6.07) is 23.6. The van der Waals surface area contributed by atoms with Gasteiger partial charge in [0.25, 0.3) is 0 Å². The minimum absolute atomic E-state index is 0.220. The number of rotatable bonds is 5. The third kappa shape index (κ3) is 5.40. The molecule has 1 N–H and O–H groups in total. The second kappa shape index (κ2) is 12.5. The second-order valence-corrected chi connectivity index (χ2v) is 12.4. The van der Waals surface area contributed by atoms with Crippen LogP contribution in [0.5, 0.6) is 0 Å². The first kappa shape index (κ1) is 20.2. The van der Waals surface area contributed by atoms with Gasteiger partial charge in [0.1, 0.15) is 11.2 Å². The lowest BCUT2D eigenvalue weighted by molar-refractivity contribution is 0.669. The van der Waals surface area contributed by atoms with Crippen LogP contribution in [0.25, 0.3) is 64.4 Å². The Balaban J connectivity index is 1.29. The lowest BCUT2D eigenvalue weighted by atomic mass is 9.99. The Labute approximate surface area is 308 Å². The fourth-order valence-corrected chi connectivity index (χ4v) is 7.08. The largest absolute Gasteiger partial charge is 0.456 e. The number of amidine groups is 2. The molecule has 236 valence electrons. The zero-order valence-electron chi connectivity index (χ0n) is 37.0. The molecule has 9 rings (SSSR count). The minimum atomic E-state index is -0.698. The van der Waals surface area contributed by atoms with Crippen LogP contribution < -0.4 is 0 Å². The quantitative estimate of drug-likeness (QED) is 0.144. The standard InChI is InChI=1S/C45H29N3OS/c46-44(32-23-21-30(22-24-32)29-11-3-1-4-12-29)48-45(47-28-34-15-9-18-37-36-16-7-8-20-41(36)50-43(34)37)33-25-26-38-40(27-33)49-39-19-10-17-35(42(38)39)31-13-5-2-6-14-31/h1-28,46H/i2D,5D,6D,10D,13D,14D,17D,19D,25D,26D,27D. The van der Waals surface area contributed by atoms with E-state index in [0.29, 0.717) is 11.1 Å². The Hall–Kier alpha value is -6.43. The topological polar surface area (TPSA) is 61.7 Å². The summed E-state index contributed by atoms with van der Waals surface area (Å²) in [5.74, 6) is -0.517. The highest BCUT2D eigenvalue weighted by molar-refractivity contribution is 7.26. The predicted molar refractivity (Wildman–Crippen MR) is 211 cm³/mol. The van der Waals surface area contributed by atoms with E-state index >= 15 is 0 Å². The van der Waals surface area contributed by atoms with Crippen LogP contribution in [0.4, 0.5) is 0 Å². The molecule has 0 amide bonds. The molecule has 0 unspecified atom stereocenters. The predicted octanol–water partition coefficient (Wildman–Crippen LogP) is 12.2. The summed E-state index contributed by atoms with van der Waals surface area (Å²) in [4.78, 5) is 9.30. The molecule has 7 aromatic carbocycles. The van der Waals surface area contributed by atoms with E-state index in [1.165, 1.54) is 6.21 Å². The first-order valence-electron chi connectivity index (χ1n) is 21.1. The molecule has 0 atom stereocenters. The minimum Gasteiger partial charge on any atom is -0.456 e. The molecular formula is C45H29N3OS. The number of nitrogens with zero attached hydrogens (tertiary/aromatic N) is 2. The molecule has 50 heavy (non-hydrogen) atoms. The number of fused-ring (bicyclic) bond motifs is 6. The lowest BCUT2D eigenvalue weighted by Gasteiger charge is -2.06. The van der Waals surface area contributed by atoms with Gasteiger partial charge in [0.2, 0.25) is 0 Å². The summed E-state index contributed by atoms with van der Waals surface area (Å²) in [6.45, 7) is 0. The number of hydrogen-bond acceptors (Lipinski definition) is 3. The Morgan fingerprint density at radius 2 is 1.42 bits per heavy atom. The van der Waals surface area contributed by atoms with Crippen LogP contribution in [0.2, 0.25) is 0 Å². The van der Waals surface area contributed by atoms with Crippen LogP contribution >= 0.6 is 11.3 Å². The number of benzene rings is 7. The van der Waals surface area contributed by atoms with Crippen LogP contribution in [0.3, 0.4) is 0 Å². The van der Waals surface area contributed by atoms with Gasteiger partial charge in [0, 0.05) is 53.8 Å². The summed E-state index contributed by atoms with van der Waals surface area (Å²) in [5, 5.41) is 10.7. The van der Waals surface area contributed by atoms with Gasteiger partial charge in [-0.05, 0) is 46.4 Å². The molecule has 0 fully saturated rings. The van der Waals surface area contributed by atoms with E-state index < -0.39 is 72.0 Å². The van der Waals surface area contributed by atoms with Crippen molar-refractivity contribution in [1.82, 2.24) is 0 Å². The van der Waals surface area contributed by atoms with Crippen molar-refractivity contribution in [2.75, 3.05) is 0 Å². The highest BCUT2D eigenvalue weighted by Gasteiger charge is 2.15. The zero-order valence-corrected chi connectivity index (χ0v) is 26.8. The monoisotopic (exact) mass is 670 g/mol. The summed E-state index contributed by atoms with van der Waals surface area (Å²) in [7, 11) is 0. The summed E-state index contributed by atoms with van der Waals surface area (Å²) >= 11 is 1.57. The lowest BCUT2D eigenvalue weighted by Crippen LogP contribution is -2.04. The van der Waals surface area contributed by atoms with Gasteiger partial charge in [-0.15, -0.1) is 11.3 Å². The first-order valence-corrected chi connectivity index (χ1v) is 16.4. The highest BCUT2D eigenvalue weighted by Crippen LogP contribution is 2.38. The SMILES string of the molecule is [2H]c1c([2H])c([2H])c(-c2c([2H])c([2H])c([2H])c3oc4c([2H])c(C(N=Cc5cccc6c5sc5ccccc56)=NC(=N)c5ccc(-c6ccccc6)cc5)c([2H])c([2H])c4c23)c([2H])c1[2H]. The molecule has 0 spiro atoms. The highest BCUT2D eigenvalue weighted by atomic mass is 32.1. The van der Waals surface area contributed by atoms with E-state index in [-0.39, 0.29) is 44.7 Å². The van der Waals surface area contributed by atoms with Crippen molar-refractivity contribution in [3.8, 4) is 22.3 Å². The molecule has 2 heterocycles. The van der Waals surface area contributed by atoms with Gasteiger partial charge >= 0.3 is 0 Å². The second-order valence-electron chi connectivity index (χ2n) is 11.3. The fraction of sp³-hybridized carbons (Fsp3) is 0. The normalized spacial score (nSPS) is 15.2. The van der Waals surface area contributed by atoms with Crippen LogP contribution in [0.1, 0.15) is 31.8 Å². The first-order chi connectivity index (χ1) is 29.3. The van der Waals surface area contributed by atoms with Crippen molar-refractivity contribution in [2.24, 2.45) is 9.98 Å². The van der Waals surface area contributed by atoms with Crippen LogP contribution in [-0.2, 0) is 0 Å². The Morgan fingerprint density at radius 3 is 2.28 bits per heavy atom. The molecule has 0 radical (unpaired) electrons. The molecule has 0 aliphatic heterocycles. The number of thiophene rings is 1. The molecule has 0 bridgehead atoms. The number of hydrogen-bond donors (Lipinski definition) is 1.